The molecule has 2 rings (SSSR count). The Bertz CT molecular complexity index is 617. The smallest absolute Gasteiger partial charge is 0.354 e. The number of carboxylic acids is 1. The van der Waals surface area contributed by atoms with E-state index in [1.165, 1.54) is 6.07 Å². The number of hydrogen-bond acceptors (Lipinski definition) is 3. The van der Waals surface area contributed by atoms with Crippen molar-refractivity contribution in [2.24, 2.45) is 0 Å². The summed E-state index contributed by atoms with van der Waals surface area (Å²) >= 11 is 11.8. The van der Waals surface area contributed by atoms with Crippen LogP contribution in [0.25, 0.3) is 0 Å². The van der Waals surface area contributed by atoms with Crippen LogP contribution in [-0.2, 0) is 6.61 Å². The van der Waals surface area contributed by atoms with Gasteiger partial charge >= 0.3 is 5.97 Å². The summed E-state index contributed by atoms with van der Waals surface area (Å²) in [5.74, 6) is -0.653. The molecule has 0 saturated heterocycles. The monoisotopic (exact) mass is 297 g/mol. The van der Waals surface area contributed by atoms with Gasteiger partial charge in [0.25, 0.3) is 0 Å². The molecular formula is C13H9Cl2NO3. The molecule has 0 saturated carbocycles. The Kier molecular flexibility index (Phi) is 4.24. The van der Waals surface area contributed by atoms with Gasteiger partial charge in [0.15, 0.2) is 0 Å². The van der Waals surface area contributed by atoms with Crippen LogP contribution in [0.2, 0.25) is 10.0 Å². The van der Waals surface area contributed by atoms with Crippen LogP contribution in [0.1, 0.15) is 16.2 Å². The quantitative estimate of drug-likeness (QED) is 0.935. The van der Waals surface area contributed by atoms with Gasteiger partial charge in [0.2, 0.25) is 0 Å². The normalized spacial score (nSPS) is 10.2. The molecule has 0 atom stereocenters. The predicted molar refractivity (Wildman–Crippen MR) is 72.0 cm³/mol. The van der Waals surface area contributed by atoms with Crippen molar-refractivity contribution in [3.63, 3.8) is 0 Å². The lowest BCUT2D eigenvalue weighted by molar-refractivity contribution is 0.0690. The number of aromatic nitrogens is 1. The van der Waals surface area contributed by atoms with Gasteiger partial charge in [0.1, 0.15) is 18.1 Å². The first-order chi connectivity index (χ1) is 9.06. The van der Waals surface area contributed by atoms with Crippen LogP contribution < -0.4 is 4.74 Å². The summed E-state index contributed by atoms with van der Waals surface area (Å²) in [6.45, 7) is 0.112. The number of rotatable bonds is 4. The minimum Gasteiger partial charge on any atom is -0.486 e. The summed E-state index contributed by atoms with van der Waals surface area (Å²) in [5, 5.41) is 9.77. The molecule has 0 fully saturated rings. The van der Waals surface area contributed by atoms with Gasteiger partial charge in [0.05, 0.1) is 10.7 Å². The van der Waals surface area contributed by atoms with Crippen molar-refractivity contribution in [1.29, 1.82) is 0 Å². The second-order valence-electron chi connectivity index (χ2n) is 3.68. The molecule has 1 heterocycles. The fraction of sp³-hybridized carbons (Fsp3) is 0.0769. The molecular weight excluding hydrogens is 289 g/mol. The summed E-state index contributed by atoms with van der Waals surface area (Å²) in [5.41, 5.74) is 0.467. The molecule has 0 aliphatic rings. The first kappa shape index (κ1) is 13.6. The second kappa shape index (κ2) is 5.91. The van der Waals surface area contributed by atoms with Gasteiger partial charge in [-0.15, -0.1) is 0 Å². The third kappa shape index (κ3) is 3.59. The Labute approximate surface area is 119 Å². The zero-order valence-electron chi connectivity index (χ0n) is 9.64. The van der Waals surface area contributed by atoms with E-state index in [0.29, 0.717) is 21.5 Å². The van der Waals surface area contributed by atoms with E-state index < -0.39 is 5.97 Å². The van der Waals surface area contributed by atoms with Crippen molar-refractivity contribution >= 4 is 29.2 Å². The lowest BCUT2D eigenvalue weighted by Crippen LogP contribution is -2.05. The van der Waals surface area contributed by atoms with Gasteiger partial charge in [-0.2, -0.15) is 0 Å². The molecule has 2 aromatic rings. The highest BCUT2D eigenvalue weighted by atomic mass is 35.5. The van der Waals surface area contributed by atoms with E-state index in [9.17, 15) is 4.79 Å². The molecule has 1 aromatic heterocycles. The van der Waals surface area contributed by atoms with Crippen LogP contribution in [0.5, 0.6) is 5.75 Å². The molecule has 0 aliphatic heterocycles. The Morgan fingerprint density at radius 1 is 1.26 bits per heavy atom. The summed E-state index contributed by atoms with van der Waals surface area (Å²) in [7, 11) is 0. The largest absolute Gasteiger partial charge is 0.486 e. The number of carbonyl (C=O) groups is 1. The van der Waals surface area contributed by atoms with Crippen LogP contribution in [0, 0.1) is 0 Å². The first-order valence-corrected chi connectivity index (χ1v) is 6.09. The van der Waals surface area contributed by atoms with Crippen LogP contribution in [0.3, 0.4) is 0 Å². The second-order valence-corrected chi connectivity index (χ2v) is 4.53. The van der Waals surface area contributed by atoms with Gasteiger partial charge in [0, 0.05) is 11.1 Å². The van der Waals surface area contributed by atoms with Gasteiger partial charge < -0.3 is 9.84 Å². The minimum absolute atomic E-state index is 0.0294. The van der Waals surface area contributed by atoms with Crippen molar-refractivity contribution in [2.75, 3.05) is 0 Å². The lowest BCUT2D eigenvalue weighted by Gasteiger charge is -2.08. The number of ether oxygens (including phenoxy) is 1. The van der Waals surface area contributed by atoms with E-state index in [1.54, 1.807) is 30.3 Å². The molecule has 98 valence electrons. The Hall–Kier alpha value is -1.78. The van der Waals surface area contributed by atoms with Crippen molar-refractivity contribution in [1.82, 2.24) is 4.98 Å². The molecule has 1 aromatic carbocycles. The minimum atomic E-state index is -1.08. The topological polar surface area (TPSA) is 59.4 Å². The molecule has 19 heavy (non-hydrogen) atoms. The van der Waals surface area contributed by atoms with Crippen LogP contribution >= 0.6 is 23.2 Å². The van der Waals surface area contributed by atoms with Crippen LogP contribution in [-0.4, -0.2) is 16.1 Å². The zero-order chi connectivity index (χ0) is 13.8. The lowest BCUT2D eigenvalue weighted by atomic mass is 10.3. The Balaban J connectivity index is 2.12. The van der Waals surface area contributed by atoms with E-state index >= 15 is 0 Å². The summed E-state index contributed by atoms with van der Waals surface area (Å²) < 4.78 is 5.47. The summed E-state index contributed by atoms with van der Waals surface area (Å²) in [4.78, 5) is 14.7. The van der Waals surface area contributed by atoms with Crippen LogP contribution in [0.4, 0.5) is 0 Å². The molecule has 0 aliphatic carbocycles. The third-order valence-electron chi connectivity index (χ3n) is 2.29. The van der Waals surface area contributed by atoms with E-state index in [4.69, 9.17) is 33.0 Å². The predicted octanol–water partition coefficient (Wildman–Crippen LogP) is 3.67. The average Bonchev–Trinajstić information content (AvgIpc) is 2.40. The maximum absolute atomic E-state index is 10.8. The van der Waals surface area contributed by atoms with Gasteiger partial charge in [-0.3, -0.25) is 0 Å². The molecule has 0 radical (unpaired) electrons. The van der Waals surface area contributed by atoms with Gasteiger partial charge in [-0.05, 0) is 24.3 Å². The number of aromatic carboxylic acids is 1. The van der Waals surface area contributed by atoms with Crippen LogP contribution in [0.15, 0.2) is 36.4 Å². The Morgan fingerprint density at radius 2 is 2.05 bits per heavy atom. The maximum Gasteiger partial charge on any atom is 0.354 e. The van der Waals surface area contributed by atoms with E-state index in [2.05, 4.69) is 4.98 Å². The maximum atomic E-state index is 10.8. The van der Waals surface area contributed by atoms with Crippen molar-refractivity contribution in [2.45, 2.75) is 6.61 Å². The molecule has 6 heteroatoms. The number of pyridine rings is 1. The third-order valence-corrected chi connectivity index (χ3v) is 2.84. The molecule has 1 N–H and O–H groups in total. The molecule has 0 amide bonds. The van der Waals surface area contributed by atoms with Crippen molar-refractivity contribution in [3.8, 4) is 5.75 Å². The standard InChI is InChI=1S/C13H9Cl2NO3/c14-8-4-5-10(15)12(6-8)19-7-9-2-1-3-11(16-9)13(17)18/h1-6H,7H2,(H,17,18). The van der Waals surface area contributed by atoms with Gasteiger partial charge in [-0.1, -0.05) is 29.3 Å². The van der Waals surface area contributed by atoms with E-state index in [-0.39, 0.29) is 12.3 Å². The Morgan fingerprint density at radius 3 is 2.79 bits per heavy atom. The zero-order valence-corrected chi connectivity index (χ0v) is 11.1. The summed E-state index contributed by atoms with van der Waals surface area (Å²) in [6.07, 6.45) is 0. The average molecular weight is 298 g/mol. The number of nitrogens with zero attached hydrogens (tertiary/aromatic N) is 1. The highest BCUT2D eigenvalue weighted by Gasteiger charge is 2.07. The number of halogens is 2. The SMILES string of the molecule is O=C(O)c1cccc(COc2cc(Cl)ccc2Cl)n1. The molecule has 0 unspecified atom stereocenters. The van der Waals surface area contributed by atoms with Crippen molar-refractivity contribution in [3.05, 3.63) is 57.8 Å². The fourth-order valence-corrected chi connectivity index (χ4v) is 1.75. The highest BCUT2D eigenvalue weighted by molar-refractivity contribution is 6.34. The van der Waals surface area contributed by atoms with E-state index in [1.807, 2.05) is 0 Å². The molecule has 0 bridgehead atoms. The van der Waals surface area contributed by atoms with Crippen molar-refractivity contribution < 1.29 is 14.6 Å². The fourth-order valence-electron chi connectivity index (χ4n) is 1.42. The molecule has 4 nitrogen and oxygen atoms in total. The highest BCUT2D eigenvalue weighted by Crippen LogP contribution is 2.28. The number of carboxylic acid groups (broad SMARTS) is 1. The summed E-state index contributed by atoms with van der Waals surface area (Å²) in [6, 6.07) is 9.56. The van der Waals surface area contributed by atoms with Gasteiger partial charge in [-0.25, -0.2) is 9.78 Å². The number of hydrogen-bond donors (Lipinski definition) is 1. The van der Waals surface area contributed by atoms with E-state index in [0.717, 1.165) is 0 Å². The molecule has 0 spiro atoms. The number of benzene rings is 1. The first-order valence-electron chi connectivity index (χ1n) is 5.33.